The van der Waals surface area contributed by atoms with Gasteiger partial charge in [-0.1, -0.05) is 17.7 Å². The van der Waals surface area contributed by atoms with Crippen molar-refractivity contribution in [1.82, 2.24) is 24.9 Å². The fourth-order valence-corrected chi connectivity index (χ4v) is 3.33. The first-order valence-corrected chi connectivity index (χ1v) is 8.87. The SMILES string of the molecule is CNC(C(=O)N1CCN(C(=O)c2cccc(Cl)c2)CC1)c1cnn(C)c1. The van der Waals surface area contributed by atoms with Gasteiger partial charge in [0.25, 0.3) is 5.91 Å². The number of aromatic nitrogens is 2. The number of nitrogens with zero attached hydrogens (tertiary/aromatic N) is 4. The fraction of sp³-hybridized carbons (Fsp3) is 0.389. The van der Waals surface area contributed by atoms with Crippen LogP contribution in [0.5, 0.6) is 0 Å². The number of hydrogen-bond acceptors (Lipinski definition) is 4. The maximum Gasteiger partial charge on any atom is 0.254 e. The van der Waals surface area contributed by atoms with Crippen molar-refractivity contribution in [2.75, 3.05) is 33.2 Å². The van der Waals surface area contributed by atoms with Gasteiger partial charge in [-0.2, -0.15) is 5.10 Å². The van der Waals surface area contributed by atoms with E-state index in [1.54, 1.807) is 52.0 Å². The van der Waals surface area contributed by atoms with Crippen molar-refractivity contribution in [2.24, 2.45) is 7.05 Å². The van der Waals surface area contributed by atoms with E-state index in [0.717, 1.165) is 5.56 Å². The molecule has 2 amide bonds. The Morgan fingerprint density at radius 2 is 1.88 bits per heavy atom. The molecule has 0 bridgehead atoms. The number of amides is 2. The van der Waals surface area contributed by atoms with Crippen LogP contribution < -0.4 is 5.32 Å². The summed E-state index contributed by atoms with van der Waals surface area (Å²) in [5.41, 5.74) is 1.40. The van der Waals surface area contributed by atoms with Gasteiger partial charge in [0.1, 0.15) is 6.04 Å². The van der Waals surface area contributed by atoms with E-state index in [-0.39, 0.29) is 11.8 Å². The van der Waals surface area contributed by atoms with Crippen LogP contribution in [-0.2, 0) is 11.8 Å². The van der Waals surface area contributed by atoms with Crippen LogP contribution in [-0.4, -0.2) is 64.6 Å². The van der Waals surface area contributed by atoms with Crippen molar-refractivity contribution in [2.45, 2.75) is 6.04 Å². The number of halogens is 1. The Morgan fingerprint density at radius 3 is 2.46 bits per heavy atom. The average molecular weight is 376 g/mol. The molecular weight excluding hydrogens is 354 g/mol. The predicted octanol–water partition coefficient (Wildman–Crippen LogP) is 1.32. The van der Waals surface area contributed by atoms with Crippen LogP contribution in [0.25, 0.3) is 0 Å². The standard InChI is InChI=1S/C18H22ClN5O2/c1-20-16(14-11-21-22(2)12-14)18(26)24-8-6-23(7-9-24)17(25)13-4-3-5-15(19)10-13/h3-5,10-12,16,20H,6-9H2,1-2H3. The number of likely N-dealkylation sites (N-methyl/N-ethyl adjacent to an activating group) is 1. The molecule has 1 aromatic heterocycles. The summed E-state index contributed by atoms with van der Waals surface area (Å²) in [5, 5.41) is 7.73. The van der Waals surface area contributed by atoms with E-state index in [1.165, 1.54) is 0 Å². The quantitative estimate of drug-likeness (QED) is 0.875. The van der Waals surface area contributed by atoms with Crippen molar-refractivity contribution >= 4 is 23.4 Å². The van der Waals surface area contributed by atoms with E-state index in [0.29, 0.717) is 36.8 Å². The summed E-state index contributed by atoms with van der Waals surface area (Å²) in [7, 11) is 3.58. The first-order valence-electron chi connectivity index (χ1n) is 8.49. The van der Waals surface area contributed by atoms with Crippen LogP contribution in [0.3, 0.4) is 0 Å². The van der Waals surface area contributed by atoms with Gasteiger partial charge in [0.05, 0.1) is 6.20 Å². The van der Waals surface area contributed by atoms with Gasteiger partial charge in [-0.15, -0.1) is 0 Å². The third-order valence-corrected chi connectivity index (χ3v) is 4.78. The Kier molecular flexibility index (Phi) is 5.58. The Labute approximate surface area is 157 Å². The summed E-state index contributed by atoms with van der Waals surface area (Å²) in [6, 6.07) is 6.50. The minimum absolute atomic E-state index is 0.00430. The zero-order valence-electron chi connectivity index (χ0n) is 14.9. The van der Waals surface area contributed by atoms with Crippen molar-refractivity contribution in [3.63, 3.8) is 0 Å². The van der Waals surface area contributed by atoms with Crippen molar-refractivity contribution in [1.29, 1.82) is 0 Å². The Balaban J connectivity index is 1.62. The molecule has 0 radical (unpaired) electrons. The molecule has 0 aliphatic carbocycles. The summed E-state index contributed by atoms with van der Waals surface area (Å²) in [6.45, 7) is 2.01. The van der Waals surface area contributed by atoms with Crippen LogP contribution in [0, 0.1) is 0 Å². The molecule has 1 atom stereocenters. The maximum absolute atomic E-state index is 12.8. The molecule has 1 aromatic carbocycles. The molecule has 0 saturated carbocycles. The topological polar surface area (TPSA) is 70.5 Å². The summed E-state index contributed by atoms with van der Waals surface area (Å²) in [6.07, 6.45) is 3.52. The van der Waals surface area contributed by atoms with Gasteiger partial charge >= 0.3 is 0 Å². The lowest BCUT2D eigenvalue weighted by molar-refractivity contribution is -0.135. The lowest BCUT2D eigenvalue weighted by Gasteiger charge is -2.36. The smallest absolute Gasteiger partial charge is 0.254 e. The molecule has 138 valence electrons. The second-order valence-corrected chi connectivity index (χ2v) is 6.73. The maximum atomic E-state index is 12.8. The number of carbonyl (C=O) groups is 2. The molecule has 1 saturated heterocycles. The lowest BCUT2D eigenvalue weighted by atomic mass is 10.1. The Morgan fingerprint density at radius 1 is 1.19 bits per heavy atom. The van der Waals surface area contributed by atoms with Crippen LogP contribution in [0.1, 0.15) is 22.0 Å². The summed E-state index contributed by atoms with van der Waals surface area (Å²) in [5.74, 6) is -0.0626. The first-order chi connectivity index (χ1) is 12.5. The van der Waals surface area contributed by atoms with Crippen LogP contribution in [0.15, 0.2) is 36.7 Å². The zero-order valence-corrected chi connectivity index (χ0v) is 15.6. The summed E-state index contributed by atoms with van der Waals surface area (Å²) in [4.78, 5) is 29.0. The number of carbonyl (C=O) groups excluding carboxylic acids is 2. The van der Waals surface area contributed by atoms with E-state index in [4.69, 9.17) is 11.6 Å². The van der Waals surface area contributed by atoms with Crippen LogP contribution >= 0.6 is 11.6 Å². The molecule has 8 heteroatoms. The highest BCUT2D eigenvalue weighted by atomic mass is 35.5. The molecule has 26 heavy (non-hydrogen) atoms. The summed E-state index contributed by atoms with van der Waals surface area (Å²) >= 11 is 5.97. The van der Waals surface area contributed by atoms with Gasteiger partial charge in [-0.25, -0.2) is 0 Å². The minimum Gasteiger partial charge on any atom is -0.337 e. The van der Waals surface area contributed by atoms with E-state index in [2.05, 4.69) is 10.4 Å². The molecule has 2 aromatic rings. The Hall–Kier alpha value is -2.38. The normalized spacial score (nSPS) is 15.8. The second kappa shape index (κ2) is 7.88. The zero-order chi connectivity index (χ0) is 18.7. The highest BCUT2D eigenvalue weighted by molar-refractivity contribution is 6.30. The number of benzene rings is 1. The molecule has 1 aliphatic heterocycles. The molecule has 1 aliphatic rings. The highest BCUT2D eigenvalue weighted by Gasteiger charge is 2.30. The summed E-state index contributed by atoms with van der Waals surface area (Å²) < 4.78 is 1.68. The number of hydrogen-bond donors (Lipinski definition) is 1. The largest absolute Gasteiger partial charge is 0.337 e. The van der Waals surface area contributed by atoms with Gasteiger partial charge in [-0.05, 0) is 25.2 Å². The van der Waals surface area contributed by atoms with Gasteiger partial charge < -0.3 is 15.1 Å². The van der Waals surface area contributed by atoms with Gasteiger partial charge in [0.2, 0.25) is 5.91 Å². The molecule has 7 nitrogen and oxygen atoms in total. The monoisotopic (exact) mass is 375 g/mol. The van der Waals surface area contributed by atoms with Crippen molar-refractivity contribution < 1.29 is 9.59 Å². The fourth-order valence-electron chi connectivity index (χ4n) is 3.14. The minimum atomic E-state index is -0.432. The van der Waals surface area contributed by atoms with E-state index < -0.39 is 6.04 Å². The molecule has 1 N–H and O–H groups in total. The van der Waals surface area contributed by atoms with Crippen LogP contribution in [0.2, 0.25) is 5.02 Å². The molecule has 0 spiro atoms. The number of rotatable bonds is 4. The lowest BCUT2D eigenvalue weighted by Crippen LogP contribution is -2.52. The van der Waals surface area contributed by atoms with Gasteiger partial charge in [-0.3, -0.25) is 14.3 Å². The number of aryl methyl sites for hydroxylation is 1. The molecule has 2 heterocycles. The van der Waals surface area contributed by atoms with E-state index in [1.807, 2.05) is 13.2 Å². The predicted molar refractivity (Wildman–Crippen MR) is 98.9 cm³/mol. The number of nitrogens with one attached hydrogen (secondary N) is 1. The van der Waals surface area contributed by atoms with Crippen molar-refractivity contribution in [3.8, 4) is 0 Å². The van der Waals surface area contributed by atoms with Gasteiger partial charge in [0.15, 0.2) is 0 Å². The molecular formula is C18H22ClN5O2. The highest BCUT2D eigenvalue weighted by Crippen LogP contribution is 2.18. The number of piperazine rings is 1. The van der Waals surface area contributed by atoms with Crippen molar-refractivity contribution in [3.05, 3.63) is 52.8 Å². The third-order valence-electron chi connectivity index (χ3n) is 4.54. The Bertz CT molecular complexity index is 798. The first kappa shape index (κ1) is 18.4. The molecule has 3 rings (SSSR count). The van der Waals surface area contributed by atoms with E-state index >= 15 is 0 Å². The molecule has 1 unspecified atom stereocenters. The molecule has 1 fully saturated rings. The van der Waals surface area contributed by atoms with E-state index in [9.17, 15) is 9.59 Å². The second-order valence-electron chi connectivity index (χ2n) is 6.30. The van der Waals surface area contributed by atoms with Gasteiger partial charge in [0, 0.05) is 55.6 Å². The average Bonchev–Trinajstić information content (AvgIpc) is 3.08. The third kappa shape index (κ3) is 3.89. The van der Waals surface area contributed by atoms with Crippen LogP contribution in [0.4, 0.5) is 0 Å².